The van der Waals surface area contributed by atoms with Crippen molar-refractivity contribution in [1.29, 1.82) is 0 Å². The number of benzene rings is 1. The molecule has 2 nitrogen and oxygen atoms in total. The molecule has 2 heteroatoms. The molecule has 0 saturated heterocycles. The second kappa shape index (κ2) is 12.3. The van der Waals surface area contributed by atoms with Crippen LogP contribution in [0.3, 0.4) is 0 Å². The van der Waals surface area contributed by atoms with Crippen LogP contribution in [-0.2, 0) is 0 Å². The Morgan fingerprint density at radius 3 is 1.91 bits per heavy atom. The average molecular weight is 319 g/mol. The molecule has 0 aliphatic rings. The van der Waals surface area contributed by atoms with Crippen molar-refractivity contribution in [1.82, 2.24) is 0 Å². The van der Waals surface area contributed by atoms with Crippen molar-refractivity contribution in [2.75, 3.05) is 23.7 Å². The van der Waals surface area contributed by atoms with E-state index in [0.29, 0.717) is 0 Å². The lowest BCUT2D eigenvalue weighted by atomic mass is 10.1. The van der Waals surface area contributed by atoms with Crippen LogP contribution in [0.2, 0.25) is 0 Å². The zero-order valence-electron chi connectivity index (χ0n) is 15.7. The Hall–Kier alpha value is -1.18. The minimum atomic E-state index is 0.892. The van der Waals surface area contributed by atoms with Crippen molar-refractivity contribution in [2.24, 2.45) is 0 Å². The van der Waals surface area contributed by atoms with Gasteiger partial charge in [0.2, 0.25) is 0 Å². The summed E-state index contributed by atoms with van der Waals surface area (Å²) in [6.45, 7) is 8.84. The second-order valence-corrected chi connectivity index (χ2v) is 6.80. The smallest absolute Gasteiger partial charge is 0.0370 e. The zero-order chi connectivity index (χ0) is 16.9. The second-order valence-electron chi connectivity index (χ2n) is 6.80. The van der Waals surface area contributed by atoms with Crippen molar-refractivity contribution >= 4 is 11.4 Å². The molecule has 1 aromatic rings. The van der Waals surface area contributed by atoms with Gasteiger partial charge in [0.25, 0.3) is 0 Å². The van der Waals surface area contributed by atoms with Gasteiger partial charge in [-0.15, -0.1) is 0 Å². The predicted molar refractivity (Wildman–Crippen MR) is 105 cm³/mol. The van der Waals surface area contributed by atoms with Crippen LogP contribution in [0.4, 0.5) is 11.4 Å². The maximum atomic E-state index is 5.92. The van der Waals surface area contributed by atoms with E-state index in [1.165, 1.54) is 75.5 Å². The van der Waals surface area contributed by atoms with E-state index in [1.807, 2.05) is 6.07 Å². The van der Waals surface area contributed by atoms with Crippen LogP contribution in [0.25, 0.3) is 0 Å². The Balaban J connectivity index is 2.12. The lowest BCUT2D eigenvalue weighted by Crippen LogP contribution is -2.24. The van der Waals surface area contributed by atoms with Crippen molar-refractivity contribution in [3.63, 3.8) is 0 Å². The van der Waals surface area contributed by atoms with Gasteiger partial charge in [-0.2, -0.15) is 0 Å². The maximum Gasteiger partial charge on any atom is 0.0370 e. The molecule has 0 heterocycles. The fraction of sp³-hybridized carbons (Fsp3) is 0.714. The molecule has 0 saturated carbocycles. The number of hydrogen-bond donors (Lipinski definition) is 1. The number of anilines is 2. The molecule has 23 heavy (non-hydrogen) atoms. The molecule has 0 atom stereocenters. The van der Waals surface area contributed by atoms with Crippen LogP contribution in [-0.4, -0.2) is 13.1 Å². The monoisotopic (exact) mass is 318 g/mol. The highest BCUT2D eigenvalue weighted by molar-refractivity contribution is 5.57. The first kappa shape index (κ1) is 19.9. The first-order valence-electron chi connectivity index (χ1n) is 9.80. The molecule has 0 radical (unpaired) electrons. The van der Waals surface area contributed by atoms with Crippen LogP contribution in [0.15, 0.2) is 18.2 Å². The molecular formula is C21H38N2. The molecular weight excluding hydrogens is 280 g/mol. The summed E-state index contributed by atoms with van der Waals surface area (Å²) >= 11 is 0. The van der Waals surface area contributed by atoms with Gasteiger partial charge in [-0.1, -0.05) is 64.7 Å². The summed E-state index contributed by atoms with van der Waals surface area (Å²) in [7, 11) is 0. The fourth-order valence-electron chi connectivity index (χ4n) is 3.12. The van der Waals surface area contributed by atoms with Crippen LogP contribution in [0.1, 0.15) is 83.6 Å². The van der Waals surface area contributed by atoms with Crippen molar-refractivity contribution in [2.45, 2.75) is 85.0 Å². The Kier molecular flexibility index (Phi) is 10.6. The molecule has 0 bridgehead atoms. The molecule has 0 fully saturated rings. The van der Waals surface area contributed by atoms with E-state index in [2.05, 4.69) is 37.8 Å². The van der Waals surface area contributed by atoms with Gasteiger partial charge in [0.1, 0.15) is 0 Å². The third kappa shape index (κ3) is 8.29. The summed E-state index contributed by atoms with van der Waals surface area (Å²) in [4.78, 5) is 2.47. The Morgan fingerprint density at radius 2 is 1.39 bits per heavy atom. The molecule has 0 aromatic heterocycles. The summed E-state index contributed by atoms with van der Waals surface area (Å²) < 4.78 is 0. The molecule has 0 spiro atoms. The van der Waals surface area contributed by atoms with Crippen LogP contribution in [0.5, 0.6) is 0 Å². The maximum absolute atomic E-state index is 5.92. The van der Waals surface area contributed by atoms with E-state index >= 15 is 0 Å². The minimum absolute atomic E-state index is 0.892. The number of aryl methyl sites for hydroxylation is 1. The molecule has 1 rings (SSSR count). The molecule has 0 aliphatic carbocycles. The highest BCUT2D eigenvalue weighted by Gasteiger charge is 2.05. The van der Waals surface area contributed by atoms with Gasteiger partial charge >= 0.3 is 0 Å². The minimum Gasteiger partial charge on any atom is -0.399 e. The highest BCUT2D eigenvalue weighted by atomic mass is 15.1. The molecule has 0 unspecified atom stereocenters. The van der Waals surface area contributed by atoms with Gasteiger partial charge in [0.15, 0.2) is 0 Å². The first-order chi connectivity index (χ1) is 11.2. The van der Waals surface area contributed by atoms with Crippen LogP contribution >= 0.6 is 0 Å². The van der Waals surface area contributed by atoms with E-state index < -0.39 is 0 Å². The Morgan fingerprint density at radius 1 is 0.826 bits per heavy atom. The van der Waals surface area contributed by atoms with E-state index in [-0.39, 0.29) is 0 Å². The highest BCUT2D eigenvalue weighted by Crippen LogP contribution is 2.21. The van der Waals surface area contributed by atoms with Gasteiger partial charge in [0.05, 0.1) is 0 Å². The van der Waals surface area contributed by atoms with E-state index in [1.54, 1.807) is 0 Å². The van der Waals surface area contributed by atoms with Gasteiger partial charge < -0.3 is 10.6 Å². The quantitative estimate of drug-likeness (QED) is 0.340. The standard InChI is InChI=1S/C21H38N2/c1-4-6-7-8-9-10-11-12-13-14-17-23(5-2)20-15-16-21(22)19(3)18-20/h15-16,18H,4-14,17,22H2,1-3H3. The average Bonchev–Trinajstić information content (AvgIpc) is 2.55. The third-order valence-corrected chi connectivity index (χ3v) is 4.78. The zero-order valence-corrected chi connectivity index (χ0v) is 15.7. The fourth-order valence-corrected chi connectivity index (χ4v) is 3.12. The van der Waals surface area contributed by atoms with Crippen LogP contribution < -0.4 is 10.6 Å². The SMILES string of the molecule is CCCCCCCCCCCCN(CC)c1ccc(N)c(C)c1. The van der Waals surface area contributed by atoms with Crippen molar-refractivity contribution in [3.8, 4) is 0 Å². The lowest BCUT2D eigenvalue weighted by molar-refractivity contribution is 0.555. The predicted octanol–water partition coefficient (Wildman–Crippen LogP) is 6.32. The number of hydrogen-bond acceptors (Lipinski definition) is 2. The molecule has 1 aromatic carbocycles. The van der Waals surface area contributed by atoms with Crippen molar-refractivity contribution in [3.05, 3.63) is 23.8 Å². The topological polar surface area (TPSA) is 29.3 Å². The van der Waals surface area contributed by atoms with Gasteiger partial charge in [-0.25, -0.2) is 0 Å². The molecule has 132 valence electrons. The number of nitrogen functional groups attached to an aromatic ring is 1. The normalized spacial score (nSPS) is 10.9. The Labute approximate surface area is 144 Å². The number of unbranched alkanes of at least 4 members (excludes halogenated alkanes) is 9. The largest absolute Gasteiger partial charge is 0.399 e. The summed E-state index contributed by atoms with van der Waals surface area (Å²) in [6.07, 6.45) is 14.0. The van der Waals surface area contributed by atoms with Crippen LogP contribution in [0, 0.1) is 6.92 Å². The molecule has 2 N–H and O–H groups in total. The van der Waals surface area contributed by atoms with Crippen molar-refractivity contribution < 1.29 is 0 Å². The van der Waals surface area contributed by atoms with E-state index in [9.17, 15) is 0 Å². The summed E-state index contributed by atoms with van der Waals surface area (Å²) in [6, 6.07) is 6.41. The summed E-state index contributed by atoms with van der Waals surface area (Å²) in [5, 5.41) is 0. The first-order valence-corrected chi connectivity index (χ1v) is 9.80. The lowest BCUT2D eigenvalue weighted by Gasteiger charge is -2.24. The molecule has 0 aliphatic heterocycles. The molecule has 0 amide bonds. The Bertz CT molecular complexity index is 414. The summed E-state index contributed by atoms with van der Waals surface area (Å²) in [5.74, 6) is 0. The third-order valence-electron chi connectivity index (χ3n) is 4.78. The van der Waals surface area contributed by atoms with Gasteiger partial charge in [-0.05, 0) is 44.0 Å². The van der Waals surface area contributed by atoms with Gasteiger partial charge in [0, 0.05) is 24.5 Å². The number of nitrogens with two attached hydrogens (primary N) is 1. The number of nitrogens with zero attached hydrogens (tertiary/aromatic N) is 1. The summed E-state index contributed by atoms with van der Waals surface area (Å²) in [5.41, 5.74) is 9.31. The van der Waals surface area contributed by atoms with Gasteiger partial charge in [-0.3, -0.25) is 0 Å². The number of rotatable bonds is 13. The van der Waals surface area contributed by atoms with E-state index in [0.717, 1.165) is 18.8 Å². The van der Waals surface area contributed by atoms with E-state index in [4.69, 9.17) is 5.73 Å².